The number of H-pyrrole nitrogens is 1. The second-order valence-corrected chi connectivity index (χ2v) is 4.37. The van der Waals surface area contributed by atoms with E-state index in [2.05, 4.69) is 10.2 Å². The highest BCUT2D eigenvalue weighted by molar-refractivity contribution is 5.98. The third-order valence-corrected chi connectivity index (χ3v) is 3.17. The molecule has 0 aliphatic rings. The van der Waals surface area contributed by atoms with Crippen molar-refractivity contribution in [1.82, 2.24) is 10.2 Å². The molecule has 0 bridgehead atoms. The minimum Gasteiger partial charge on any atom is -0.497 e. The Morgan fingerprint density at radius 3 is 2.60 bits per heavy atom. The highest BCUT2D eigenvalue weighted by Crippen LogP contribution is 2.28. The van der Waals surface area contributed by atoms with Gasteiger partial charge in [-0.3, -0.25) is 5.10 Å². The summed E-state index contributed by atoms with van der Waals surface area (Å²) in [6.07, 6.45) is 0. The number of benzene rings is 2. The van der Waals surface area contributed by atoms with Crippen LogP contribution in [0.4, 0.5) is 0 Å². The molecule has 20 heavy (non-hydrogen) atoms. The molecule has 0 amide bonds. The van der Waals surface area contributed by atoms with Gasteiger partial charge >= 0.3 is 5.97 Å². The second-order valence-electron chi connectivity index (χ2n) is 4.37. The SMILES string of the molecule is COc1ccc(-c2n[nH]c3cc(C(=O)O)ccc23)cc1. The number of nitrogens with zero attached hydrogens (tertiary/aromatic N) is 1. The molecular formula is C15H12N2O3. The predicted octanol–water partition coefficient (Wildman–Crippen LogP) is 2.94. The van der Waals surface area contributed by atoms with Crippen molar-refractivity contribution in [2.75, 3.05) is 7.11 Å². The number of nitrogens with one attached hydrogen (secondary N) is 1. The fraction of sp³-hybridized carbons (Fsp3) is 0.0667. The molecule has 5 heteroatoms. The van der Waals surface area contributed by atoms with Gasteiger partial charge in [0.1, 0.15) is 5.75 Å². The number of ether oxygens (including phenoxy) is 1. The number of hydrogen-bond donors (Lipinski definition) is 2. The molecular weight excluding hydrogens is 256 g/mol. The van der Waals surface area contributed by atoms with E-state index in [-0.39, 0.29) is 5.56 Å². The van der Waals surface area contributed by atoms with Crippen molar-refractivity contribution < 1.29 is 14.6 Å². The molecule has 0 fully saturated rings. The van der Waals surface area contributed by atoms with Gasteiger partial charge in [-0.1, -0.05) is 0 Å². The van der Waals surface area contributed by atoms with Gasteiger partial charge in [0.05, 0.1) is 23.9 Å². The number of aromatic carboxylic acids is 1. The van der Waals surface area contributed by atoms with E-state index in [9.17, 15) is 4.79 Å². The molecule has 100 valence electrons. The molecule has 5 nitrogen and oxygen atoms in total. The smallest absolute Gasteiger partial charge is 0.335 e. The quantitative estimate of drug-likeness (QED) is 0.765. The molecule has 0 atom stereocenters. The Morgan fingerprint density at radius 2 is 1.95 bits per heavy atom. The minimum atomic E-state index is -0.951. The standard InChI is InChI=1S/C15H12N2O3/c1-20-11-5-2-9(3-6-11)14-12-7-4-10(15(18)19)8-13(12)16-17-14/h2-8H,1H3,(H,16,17)(H,18,19). The van der Waals surface area contributed by atoms with Crippen molar-refractivity contribution in [3.05, 3.63) is 48.0 Å². The number of methoxy groups -OCH3 is 1. The lowest BCUT2D eigenvalue weighted by molar-refractivity contribution is 0.0697. The first-order chi connectivity index (χ1) is 9.69. The largest absolute Gasteiger partial charge is 0.497 e. The third-order valence-electron chi connectivity index (χ3n) is 3.17. The molecule has 0 aliphatic heterocycles. The Hall–Kier alpha value is -2.82. The first-order valence-corrected chi connectivity index (χ1v) is 6.05. The highest BCUT2D eigenvalue weighted by Gasteiger charge is 2.10. The fourth-order valence-corrected chi connectivity index (χ4v) is 2.12. The maximum atomic E-state index is 10.9. The number of aromatic amines is 1. The Bertz CT molecular complexity index is 775. The summed E-state index contributed by atoms with van der Waals surface area (Å²) < 4.78 is 5.12. The monoisotopic (exact) mass is 268 g/mol. The molecule has 0 saturated heterocycles. The second kappa shape index (κ2) is 4.70. The van der Waals surface area contributed by atoms with Crippen LogP contribution in [0.25, 0.3) is 22.2 Å². The summed E-state index contributed by atoms with van der Waals surface area (Å²) in [5.41, 5.74) is 2.68. The Morgan fingerprint density at radius 1 is 1.20 bits per heavy atom. The van der Waals surface area contributed by atoms with Crippen LogP contribution in [-0.2, 0) is 0 Å². The van der Waals surface area contributed by atoms with Gasteiger partial charge in [0, 0.05) is 10.9 Å². The van der Waals surface area contributed by atoms with Crippen LogP contribution < -0.4 is 4.74 Å². The molecule has 0 saturated carbocycles. The number of fused-ring (bicyclic) bond motifs is 1. The van der Waals surface area contributed by atoms with Crippen LogP contribution in [0.3, 0.4) is 0 Å². The number of rotatable bonds is 3. The molecule has 2 aromatic carbocycles. The van der Waals surface area contributed by atoms with Gasteiger partial charge in [0.25, 0.3) is 0 Å². The zero-order valence-corrected chi connectivity index (χ0v) is 10.8. The summed E-state index contributed by atoms with van der Waals surface area (Å²) in [5.74, 6) is -0.172. The van der Waals surface area contributed by atoms with Crippen LogP contribution in [0.2, 0.25) is 0 Å². The Balaban J connectivity index is 2.09. The topological polar surface area (TPSA) is 75.2 Å². The van der Waals surface area contributed by atoms with E-state index in [1.165, 1.54) is 0 Å². The number of hydrogen-bond acceptors (Lipinski definition) is 3. The van der Waals surface area contributed by atoms with Gasteiger partial charge in [0.15, 0.2) is 0 Å². The van der Waals surface area contributed by atoms with Crippen LogP contribution in [0.15, 0.2) is 42.5 Å². The molecule has 2 N–H and O–H groups in total. The number of aromatic nitrogens is 2. The van der Waals surface area contributed by atoms with Gasteiger partial charge < -0.3 is 9.84 Å². The summed E-state index contributed by atoms with van der Waals surface area (Å²) >= 11 is 0. The van der Waals surface area contributed by atoms with Crippen LogP contribution >= 0.6 is 0 Å². The normalized spacial score (nSPS) is 10.7. The first-order valence-electron chi connectivity index (χ1n) is 6.05. The van der Waals surface area contributed by atoms with Gasteiger partial charge in [-0.15, -0.1) is 0 Å². The van der Waals surface area contributed by atoms with Gasteiger partial charge in [-0.25, -0.2) is 4.79 Å². The lowest BCUT2D eigenvalue weighted by Gasteiger charge is -2.01. The Labute approximate surface area is 114 Å². The van der Waals surface area contributed by atoms with Crippen molar-refractivity contribution in [2.24, 2.45) is 0 Å². The van der Waals surface area contributed by atoms with Gasteiger partial charge in [-0.2, -0.15) is 5.10 Å². The minimum absolute atomic E-state index is 0.238. The van der Waals surface area contributed by atoms with Crippen molar-refractivity contribution in [3.8, 4) is 17.0 Å². The zero-order valence-electron chi connectivity index (χ0n) is 10.8. The average molecular weight is 268 g/mol. The first kappa shape index (κ1) is 12.2. The molecule has 1 aromatic heterocycles. The van der Waals surface area contributed by atoms with Gasteiger partial charge in [-0.05, 0) is 42.5 Å². The summed E-state index contributed by atoms with van der Waals surface area (Å²) in [6, 6.07) is 12.5. The van der Waals surface area contributed by atoms with Crippen molar-refractivity contribution in [3.63, 3.8) is 0 Å². The van der Waals surface area contributed by atoms with Crippen LogP contribution in [-0.4, -0.2) is 28.4 Å². The van der Waals surface area contributed by atoms with E-state index in [1.54, 1.807) is 25.3 Å². The summed E-state index contributed by atoms with van der Waals surface area (Å²) in [6.45, 7) is 0. The van der Waals surface area contributed by atoms with Crippen LogP contribution in [0.5, 0.6) is 5.75 Å². The molecule has 3 rings (SSSR count). The number of carboxylic acids is 1. The van der Waals surface area contributed by atoms with Crippen molar-refractivity contribution >= 4 is 16.9 Å². The van der Waals surface area contributed by atoms with Crippen molar-refractivity contribution in [1.29, 1.82) is 0 Å². The van der Waals surface area contributed by atoms with E-state index in [0.717, 1.165) is 22.4 Å². The molecule has 0 spiro atoms. The Kier molecular flexibility index (Phi) is 2.87. The van der Waals surface area contributed by atoms with Crippen LogP contribution in [0.1, 0.15) is 10.4 Å². The molecule has 3 aromatic rings. The van der Waals surface area contributed by atoms with Crippen LogP contribution in [0, 0.1) is 0 Å². The summed E-state index contributed by atoms with van der Waals surface area (Å²) in [7, 11) is 1.62. The third kappa shape index (κ3) is 1.99. The molecule has 0 radical (unpaired) electrons. The lowest BCUT2D eigenvalue weighted by Crippen LogP contribution is -1.94. The summed E-state index contributed by atoms with van der Waals surface area (Å²) in [5, 5.41) is 17.0. The molecule has 0 aliphatic carbocycles. The molecule has 1 heterocycles. The highest BCUT2D eigenvalue weighted by atomic mass is 16.5. The van der Waals surface area contributed by atoms with E-state index in [4.69, 9.17) is 9.84 Å². The van der Waals surface area contributed by atoms with Gasteiger partial charge in [0.2, 0.25) is 0 Å². The lowest BCUT2D eigenvalue weighted by atomic mass is 10.1. The number of carbonyl (C=O) groups is 1. The van der Waals surface area contributed by atoms with E-state index in [0.29, 0.717) is 5.52 Å². The van der Waals surface area contributed by atoms with E-state index >= 15 is 0 Å². The zero-order chi connectivity index (χ0) is 14.1. The average Bonchev–Trinajstić information content (AvgIpc) is 2.90. The predicted molar refractivity (Wildman–Crippen MR) is 75.0 cm³/mol. The van der Waals surface area contributed by atoms with Crippen molar-refractivity contribution in [2.45, 2.75) is 0 Å². The fourth-order valence-electron chi connectivity index (χ4n) is 2.12. The molecule has 0 unspecified atom stereocenters. The van der Waals surface area contributed by atoms with E-state index in [1.807, 2.05) is 24.3 Å². The maximum Gasteiger partial charge on any atom is 0.335 e. The summed E-state index contributed by atoms with van der Waals surface area (Å²) in [4.78, 5) is 10.9. The van der Waals surface area contributed by atoms with E-state index < -0.39 is 5.97 Å². The maximum absolute atomic E-state index is 10.9. The number of carboxylic acid groups (broad SMARTS) is 1.